The SMILES string of the molecule is CC(=O)OC(C#CC1=CC(O[Si](C(C)C)(C(C)C)C(C)C)C(C)(C)CC1)c1ccccc1N=[N+]=[N-]. The lowest BCUT2D eigenvalue weighted by Crippen LogP contribution is -2.53. The van der Waals surface area contributed by atoms with Gasteiger partial charge in [-0.1, -0.05) is 90.7 Å². The molecule has 0 aliphatic heterocycles. The van der Waals surface area contributed by atoms with Crippen LogP contribution in [0.5, 0.6) is 0 Å². The van der Waals surface area contributed by atoms with E-state index in [0.717, 1.165) is 18.4 Å². The van der Waals surface area contributed by atoms with Crippen molar-refractivity contribution in [2.24, 2.45) is 10.5 Å². The van der Waals surface area contributed by atoms with E-state index >= 15 is 0 Å². The Morgan fingerprint density at radius 3 is 2.29 bits per heavy atom. The Hall–Kier alpha value is -2.52. The number of esters is 1. The normalized spacial score (nSPS) is 18.4. The summed E-state index contributed by atoms with van der Waals surface area (Å²) in [5.41, 5.74) is 12.4. The molecule has 1 aromatic rings. The second kappa shape index (κ2) is 11.9. The van der Waals surface area contributed by atoms with E-state index in [-0.39, 0.29) is 11.5 Å². The number of carbonyl (C=O) groups excluding carboxylic acids is 1. The molecule has 0 radical (unpaired) electrons. The van der Waals surface area contributed by atoms with Crippen molar-refractivity contribution in [3.05, 3.63) is 51.9 Å². The van der Waals surface area contributed by atoms with Gasteiger partial charge in [-0.25, -0.2) is 0 Å². The first-order valence-electron chi connectivity index (χ1n) is 12.6. The third-order valence-corrected chi connectivity index (χ3v) is 13.3. The fraction of sp³-hybridized carbons (Fsp3) is 0.607. The number of benzene rings is 1. The van der Waals surface area contributed by atoms with Crippen LogP contribution in [-0.4, -0.2) is 20.4 Å². The number of allylic oxidation sites excluding steroid dienone is 1. The van der Waals surface area contributed by atoms with Gasteiger partial charge < -0.3 is 9.16 Å². The first-order chi connectivity index (χ1) is 16.3. The highest BCUT2D eigenvalue weighted by atomic mass is 28.4. The quantitative estimate of drug-likeness (QED) is 0.0904. The number of hydrogen-bond acceptors (Lipinski definition) is 4. The molecule has 2 unspecified atom stereocenters. The van der Waals surface area contributed by atoms with Crippen molar-refractivity contribution in [1.82, 2.24) is 0 Å². The van der Waals surface area contributed by atoms with Crippen LogP contribution < -0.4 is 0 Å². The molecule has 6 nitrogen and oxygen atoms in total. The van der Waals surface area contributed by atoms with Crippen LogP contribution in [0.2, 0.25) is 16.6 Å². The van der Waals surface area contributed by atoms with Crippen molar-refractivity contribution in [2.75, 3.05) is 0 Å². The molecule has 0 spiro atoms. The number of azide groups is 1. The molecule has 190 valence electrons. The predicted octanol–water partition coefficient (Wildman–Crippen LogP) is 8.54. The molecular weight excluding hydrogens is 454 g/mol. The highest BCUT2D eigenvalue weighted by Gasteiger charge is 2.48. The average molecular weight is 496 g/mol. The summed E-state index contributed by atoms with van der Waals surface area (Å²) in [5, 5.41) is 3.74. The maximum atomic E-state index is 11.8. The van der Waals surface area contributed by atoms with Gasteiger partial charge in [0.2, 0.25) is 8.32 Å². The van der Waals surface area contributed by atoms with Gasteiger partial charge in [0.25, 0.3) is 0 Å². The highest BCUT2D eigenvalue weighted by Crippen LogP contribution is 2.47. The lowest BCUT2D eigenvalue weighted by molar-refractivity contribution is -0.144. The fourth-order valence-corrected chi connectivity index (χ4v) is 11.0. The second-order valence-electron chi connectivity index (χ2n) is 11.0. The van der Waals surface area contributed by atoms with E-state index in [9.17, 15) is 4.79 Å². The summed E-state index contributed by atoms with van der Waals surface area (Å²) in [6.45, 7) is 19.7. The van der Waals surface area contributed by atoms with E-state index in [1.165, 1.54) is 6.92 Å². The van der Waals surface area contributed by atoms with Crippen LogP contribution in [0, 0.1) is 17.3 Å². The van der Waals surface area contributed by atoms with Crippen LogP contribution in [0.3, 0.4) is 0 Å². The van der Waals surface area contributed by atoms with Crippen LogP contribution in [0.4, 0.5) is 5.69 Å². The van der Waals surface area contributed by atoms with Gasteiger partial charge in [0.05, 0.1) is 6.10 Å². The molecular formula is C28H41N3O3Si. The molecule has 2 rings (SSSR count). The molecule has 0 amide bonds. The summed E-state index contributed by atoms with van der Waals surface area (Å²) in [7, 11) is -2.08. The molecule has 2 atom stereocenters. The molecule has 0 fully saturated rings. The maximum Gasteiger partial charge on any atom is 0.304 e. The molecule has 0 saturated heterocycles. The Morgan fingerprint density at radius 2 is 1.74 bits per heavy atom. The summed E-state index contributed by atoms with van der Waals surface area (Å²) < 4.78 is 12.7. The van der Waals surface area contributed by atoms with Crippen molar-refractivity contribution < 1.29 is 14.0 Å². The number of carbonyl (C=O) groups is 1. The van der Waals surface area contributed by atoms with Crippen molar-refractivity contribution in [3.8, 4) is 11.8 Å². The van der Waals surface area contributed by atoms with Crippen molar-refractivity contribution in [3.63, 3.8) is 0 Å². The topological polar surface area (TPSA) is 84.3 Å². The van der Waals surface area contributed by atoms with E-state index in [1.54, 1.807) is 18.2 Å². The molecule has 0 bridgehead atoms. The summed E-state index contributed by atoms with van der Waals surface area (Å²) in [4.78, 5) is 14.7. The van der Waals surface area contributed by atoms with Gasteiger partial charge in [-0.15, -0.1) is 0 Å². The first kappa shape index (κ1) is 28.7. The van der Waals surface area contributed by atoms with Gasteiger partial charge in [-0.05, 0) is 52.4 Å². The van der Waals surface area contributed by atoms with Crippen LogP contribution in [0.25, 0.3) is 10.4 Å². The van der Waals surface area contributed by atoms with E-state index in [1.807, 2.05) is 6.07 Å². The lowest BCUT2D eigenvalue weighted by atomic mass is 9.76. The lowest BCUT2D eigenvalue weighted by Gasteiger charge is -2.48. The molecule has 0 aromatic heterocycles. The molecule has 1 aliphatic carbocycles. The summed E-state index contributed by atoms with van der Waals surface area (Å²) in [5.74, 6) is 5.95. The van der Waals surface area contributed by atoms with Gasteiger partial charge in [-0.2, -0.15) is 0 Å². The zero-order valence-corrected chi connectivity index (χ0v) is 23.8. The minimum atomic E-state index is -2.08. The molecule has 1 aromatic carbocycles. The smallest absolute Gasteiger partial charge is 0.304 e. The second-order valence-corrected chi connectivity index (χ2v) is 16.5. The van der Waals surface area contributed by atoms with Crippen LogP contribution in [0.15, 0.2) is 41.0 Å². The van der Waals surface area contributed by atoms with Crippen LogP contribution in [-0.2, 0) is 14.0 Å². The van der Waals surface area contributed by atoms with Crippen molar-refractivity contribution in [1.29, 1.82) is 0 Å². The maximum absolute atomic E-state index is 11.8. The summed E-state index contributed by atoms with van der Waals surface area (Å²) in [6.07, 6.45) is 3.14. The van der Waals surface area contributed by atoms with Gasteiger partial charge in [0.1, 0.15) is 0 Å². The molecule has 7 heteroatoms. The average Bonchev–Trinajstić information content (AvgIpc) is 2.76. The Morgan fingerprint density at radius 1 is 1.14 bits per heavy atom. The van der Waals surface area contributed by atoms with E-state index in [0.29, 0.717) is 27.9 Å². The minimum absolute atomic E-state index is 0.00545. The van der Waals surface area contributed by atoms with E-state index in [2.05, 4.69) is 83.3 Å². The van der Waals surface area contributed by atoms with Gasteiger partial charge in [-0.3, -0.25) is 4.79 Å². The molecule has 0 heterocycles. The number of rotatable bonds is 8. The zero-order valence-electron chi connectivity index (χ0n) is 22.8. The van der Waals surface area contributed by atoms with Crippen LogP contribution in [0.1, 0.15) is 86.8 Å². The number of nitrogens with zero attached hydrogens (tertiary/aromatic N) is 3. The zero-order chi connectivity index (χ0) is 26.4. The highest BCUT2D eigenvalue weighted by molar-refractivity contribution is 6.77. The Balaban J connectivity index is 2.48. The van der Waals surface area contributed by atoms with Crippen molar-refractivity contribution >= 4 is 20.0 Å². The molecule has 0 N–H and O–H groups in total. The van der Waals surface area contributed by atoms with Gasteiger partial charge >= 0.3 is 5.97 Å². The van der Waals surface area contributed by atoms with E-state index in [4.69, 9.17) is 14.7 Å². The van der Waals surface area contributed by atoms with E-state index < -0.39 is 20.4 Å². The fourth-order valence-electron chi connectivity index (χ4n) is 5.36. The standard InChI is InChI=1S/C28H41N3O3Si/c1-19(2)35(20(3)4,21(5)6)34-27-18-23(16-17-28(27,8)9)14-15-26(33-22(7)32)24-12-10-11-13-25(24)30-31-29/h10-13,18-21,26-27H,16-17H2,1-9H3. The third kappa shape index (κ3) is 6.79. The molecule has 35 heavy (non-hydrogen) atoms. The monoisotopic (exact) mass is 495 g/mol. The van der Waals surface area contributed by atoms with Gasteiger partial charge in [0.15, 0.2) is 6.10 Å². The summed E-state index contributed by atoms with van der Waals surface area (Å²) >= 11 is 0. The van der Waals surface area contributed by atoms with Crippen molar-refractivity contribution in [2.45, 2.75) is 104 Å². The van der Waals surface area contributed by atoms with Crippen LogP contribution >= 0.6 is 0 Å². The van der Waals surface area contributed by atoms with Gasteiger partial charge in [0, 0.05) is 28.7 Å². The largest absolute Gasteiger partial charge is 0.444 e. The summed E-state index contributed by atoms with van der Waals surface area (Å²) in [6, 6.07) is 7.04. The Bertz CT molecular complexity index is 1020. The first-order valence-corrected chi connectivity index (χ1v) is 14.7. The molecule has 1 aliphatic rings. The molecule has 0 saturated carbocycles. The minimum Gasteiger partial charge on any atom is -0.444 e. The predicted molar refractivity (Wildman–Crippen MR) is 145 cm³/mol. The Labute approximate surface area is 212 Å². The number of hydrogen-bond donors (Lipinski definition) is 0. The Kier molecular flexibility index (Phi) is 9.80. The third-order valence-electron chi connectivity index (χ3n) is 7.22. The number of ether oxygens (including phenoxy) is 1.